The molecule has 1 aliphatic heterocycles. The molecule has 0 saturated carbocycles. The molecule has 90 valence electrons. The molecule has 0 atom stereocenters. The van der Waals surface area contributed by atoms with E-state index in [1.165, 1.54) is 0 Å². The predicted molar refractivity (Wildman–Crippen MR) is 48.5 cm³/mol. The van der Waals surface area contributed by atoms with Crippen molar-refractivity contribution in [1.82, 2.24) is 0 Å². The van der Waals surface area contributed by atoms with Crippen LogP contribution in [0.25, 0.3) is 0 Å². The predicted octanol–water partition coefficient (Wildman–Crippen LogP) is 1.04. The first-order valence-electron chi connectivity index (χ1n) is 4.97. The second kappa shape index (κ2) is 5.14. The SMILES string of the molecule is C[N+]1(CCOCC(F)(F)F)CCOCC1. The Balaban J connectivity index is 2.13. The van der Waals surface area contributed by atoms with E-state index < -0.39 is 12.8 Å². The lowest BCUT2D eigenvalue weighted by molar-refractivity contribution is -0.917. The van der Waals surface area contributed by atoms with Crippen LogP contribution < -0.4 is 0 Å². The number of hydrogen-bond donors (Lipinski definition) is 0. The number of hydrogen-bond acceptors (Lipinski definition) is 2. The third-order valence-electron chi connectivity index (χ3n) is 2.59. The van der Waals surface area contributed by atoms with Crippen molar-refractivity contribution >= 4 is 0 Å². The van der Waals surface area contributed by atoms with E-state index in [-0.39, 0.29) is 6.61 Å². The molecule has 0 spiro atoms. The summed E-state index contributed by atoms with van der Waals surface area (Å²) in [5.41, 5.74) is 0. The first-order valence-corrected chi connectivity index (χ1v) is 4.97. The van der Waals surface area contributed by atoms with Gasteiger partial charge in [0, 0.05) is 0 Å². The molecule has 1 heterocycles. The zero-order valence-corrected chi connectivity index (χ0v) is 8.85. The summed E-state index contributed by atoms with van der Waals surface area (Å²) in [7, 11) is 2.01. The fourth-order valence-electron chi connectivity index (χ4n) is 1.48. The van der Waals surface area contributed by atoms with Gasteiger partial charge in [-0.2, -0.15) is 13.2 Å². The molecule has 0 aliphatic carbocycles. The fraction of sp³-hybridized carbons (Fsp3) is 1.00. The number of likely N-dealkylation sites (N-methyl/N-ethyl adjacent to an activating group) is 1. The van der Waals surface area contributed by atoms with E-state index in [0.29, 0.717) is 19.8 Å². The van der Waals surface area contributed by atoms with E-state index in [4.69, 9.17) is 4.74 Å². The lowest BCUT2D eigenvalue weighted by atomic mass is 10.3. The Labute approximate surface area is 87.3 Å². The van der Waals surface area contributed by atoms with Crippen LogP contribution in [-0.2, 0) is 9.47 Å². The van der Waals surface area contributed by atoms with Crippen LogP contribution in [0.5, 0.6) is 0 Å². The number of rotatable bonds is 4. The van der Waals surface area contributed by atoms with Gasteiger partial charge in [-0.25, -0.2) is 0 Å². The molecule has 0 unspecified atom stereocenters. The highest BCUT2D eigenvalue weighted by Gasteiger charge is 2.29. The molecule has 0 radical (unpaired) electrons. The van der Waals surface area contributed by atoms with Gasteiger partial charge in [0.05, 0.1) is 26.9 Å². The van der Waals surface area contributed by atoms with E-state index in [2.05, 4.69) is 4.74 Å². The van der Waals surface area contributed by atoms with E-state index in [9.17, 15) is 13.2 Å². The Bertz CT molecular complexity index is 190. The van der Waals surface area contributed by atoms with Gasteiger partial charge in [0.2, 0.25) is 0 Å². The molecular formula is C9H17F3NO2+. The minimum atomic E-state index is -4.22. The average Bonchev–Trinajstić information content (AvgIpc) is 2.12. The molecule has 6 heteroatoms. The molecule has 0 bridgehead atoms. The molecule has 1 fully saturated rings. The molecule has 1 saturated heterocycles. The van der Waals surface area contributed by atoms with E-state index in [1.807, 2.05) is 7.05 Å². The van der Waals surface area contributed by atoms with Crippen LogP contribution in [0.1, 0.15) is 0 Å². The van der Waals surface area contributed by atoms with Crippen LogP contribution in [0.3, 0.4) is 0 Å². The summed E-state index contributed by atoms with van der Waals surface area (Å²) in [4.78, 5) is 0. The first kappa shape index (κ1) is 12.7. The summed E-state index contributed by atoms with van der Waals surface area (Å²) in [6.45, 7) is 2.65. The summed E-state index contributed by atoms with van der Waals surface area (Å²) in [6, 6.07) is 0. The van der Waals surface area contributed by atoms with Crippen molar-refractivity contribution in [2.45, 2.75) is 6.18 Å². The molecule has 0 amide bonds. The van der Waals surface area contributed by atoms with Gasteiger partial charge in [0.25, 0.3) is 0 Å². The van der Waals surface area contributed by atoms with Crippen molar-refractivity contribution in [1.29, 1.82) is 0 Å². The van der Waals surface area contributed by atoms with Crippen molar-refractivity contribution in [2.75, 3.05) is 53.1 Å². The Kier molecular flexibility index (Phi) is 4.36. The first-order chi connectivity index (χ1) is 6.91. The number of quaternary nitrogens is 1. The van der Waals surface area contributed by atoms with Crippen LogP contribution in [0.2, 0.25) is 0 Å². The van der Waals surface area contributed by atoms with Crippen molar-refractivity contribution in [3.05, 3.63) is 0 Å². The van der Waals surface area contributed by atoms with E-state index in [0.717, 1.165) is 17.6 Å². The molecule has 0 aromatic heterocycles. The van der Waals surface area contributed by atoms with Crippen LogP contribution in [0.15, 0.2) is 0 Å². The molecule has 0 aromatic rings. The number of alkyl halides is 3. The summed E-state index contributed by atoms with van der Waals surface area (Å²) in [5.74, 6) is 0. The van der Waals surface area contributed by atoms with Gasteiger partial charge in [-0.1, -0.05) is 0 Å². The van der Waals surface area contributed by atoms with E-state index in [1.54, 1.807) is 0 Å². The monoisotopic (exact) mass is 228 g/mol. The Morgan fingerprint density at radius 2 is 1.87 bits per heavy atom. The maximum absolute atomic E-state index is 11.8. The Morgan fingerprint density at radius 1 is 1.27 bits per heavy atom. The molecule has 0 N–H and O–H groups in total. The summed E-state index contributed by atoms with van der Waals surface area (Å²) >= 11 is 0. The van der Waals surface area contributed by atoms with Crippen molar-refractivity contribution < 1.29 is 27.1 Å². The second-order valence-corrected chi connectivity index (χ2v) is 4.07. The molecule has 1 aliphatic rings. The van der Waals surface area contributed by atoms with Crippen molar-refractivity contribution in [3.63, 3.8) is 0 Å². The van der Waals surface area contributed by atoms with Crippen LogP contribution in [0.4, 0.5) is 13.2 Å². The maximum atomic E-state index is 11.8. The molecule has 15 heavy (non-hydrogen) atoms. The zero-order chi connectivity index (χ0) is 11.4. The number of halogens is 3. The normalized spacial score (nSPS) is 21.6. The Morgan fingerprint density at radius 3 is 2.40 bits per heavy atom. The summed E-state index contributed by atoms with van der Waals surface area (Å²) < 4.78 is 45.8. The highest BCUT2D eigenvalue weighted by molar-refractivity contribution is 4.49. The summed E-state index contributed by atoms with van der Waals surface area (Å²) in [6.07, 6.45) is -4.22. The van der Waals surface area contributed by atoms with Crippen LogP contribution in [-0.4, -0.2) is 63.8 Å². The van der Waals surface area contributed by atoms with Gasteiger partial charge in [-0.05, 0) is 0 Å². The highest BCUT2D eigenvalue weighted by atomic mass is 19.4. The standard InChI is InChI=1S/C9H17F3NO2/c1-13(2-5-14-6-3-13)4-7-15-8-9(10,11)12/h2-8H2,1H3/q+1. The van der Waals surface area contributed by atoms with Gasteiger partial charge in [0.1, 0.15) is 26.2 Å². The lowest BCUT2D eigenvalue weighted by Gasteiger charge is -2.37. The molecule has 0 aromatic carbocycles. The van der Waals surface area contributed by atoms with Gasteiger partial charge in [0.15, 0.2) is 0 Å². The largest absolute Gasteiger partial charge is 0.411 e. The van der Waals surface area contributed by atoms with Gasteiger partial charge >= 0.3 is 6.18 Å². The minimum absolute atomic E-state index is 0.149. The number of nitrogens with zero attached hydrogens (tertiary/aromatic N) is 1. The van der Waals surface area contributed by atoms with Crippen LogP contribution >= 0.6 is 0 Å². The minimum Gasteiger partial charge on any atom is -0.370 e. The zero-order valence-electron chi connectivity index (χ0n) is 8.85. The fourth-order valence-corrected chi connectivity index (χ4v) is 1.48. The number of ether oxygens (including phenoxy) is 2. The van der Waals surface area contributed by atoms with Crippen LogP contribution in [0, 0.1) is 0 Å². The maximum Gasteiger partial charge on any atom is 0.411 e. The van der Waals surface area contributed by atoms with Gasteiger partial charge in [-0.15, -0.1) is 0 Å². The van der Waals surface area contributed by atoms with Gasteiger partial charge < -0.3 is 14.0 Å². The van der Waals surface area contributed by atoms with Gasteiger partial charge in [-0.3, -0.25) is 0 Å². The van der Waals surface area contributed by atoms with E-state index >= 15 is 0 Å². The van der Waals surface area contributed by atoms with Crippen molar-refractivity contribution in [3.8, 4) is 0 Å². The second-order valence-electron chi connectivity index (χ2n) is 4.07. The Hall–Kier alpha value is -0.330. The average molecular weight is 228 g/mol. The quantitative estimate of drug-likeness (QED) is 0.529. The lowest BCUT2D eigenvalue weighted by Crippen LogP contribution is -2.53. The highest BCUT2D eigenvalue weighted by Crippen LogP contribution is 2.14. The molecule has 1 rings (SSSR count). The molecular weight excluding hydrogens is 211 g/mol. The topological polar surface area (TPSA) is 18.5 Å². The smallest absolute Gasteiger partial charge is 0.370 e. The summed E-state index contributed by atoms with van der Waals surface area (Å²) in [5, 5.41) is 0. The molecule has 3 nitrogen and oxygen atoms in total. The third-order valence-corrected chi connectivity index (χ3v) is 2.59. The third kappa shape index (κ3) is 5.34. The number of morpholine rings is 1. The van der Waals surface area contributed by atoms with Crippen molar-refractivity contribution in [2.24, 2.45) is 0 Å².